The van der Waals surface area contributed by atoms with Crippen molar-refractivity contribution in [2.75, 3.05) is 37.7 Å². The van der Waals surface area contributed by atoms with Crippen molar-refractivity contribution >= 4 is 11.9 Å². The van der Waals surface area contributed by atoms with Crippen molar-refractivity contribution in [2.45, 2.75) is 33.2 Å². The first-order valence-corrected chi connectivity index (χ1v) is 9.65. The smallest absolute Gasteiger partial charge is 0.228 e. The number of aromatic nitrogens is 4. The molecular weight excluding hydrogens is 344 g/mol. The molecular formula is C19H26N6O2. The lowest BCUT2D eigenvalue weighted by molar-refractivity contribution is -0.136. The first-order valence-electron chi connectivity index (χ1n) is 9.65. The number of piperazine rings is 1. The van der Waals surface area contributed by atoms with Crippen molar-refractivity contribution in [2.24, 2.45) is 5.92 Å². The highest BCUT2D eigenvalue weighted by atomic mass is 16.5. The van der Waals surface area contributed by atoms with Gasteiger partial charge in [-0.05, 0) is 26.7 Å². The predicted octanol–water partition coefficient (Wildman–Crippen LogP) is 1.29. The molecule has 2 aliphatic rings. The van der Waals surface area contributed by atoms with E-state index in [2.05, 4.69) is 24.4 Å². The maximum absolute atomic E-state index is 12.9. The fourth-order valence-electron chi connectivity index (χ4n) is 3.85. The third-order valence-corrected chi connectivity index (χ3v) is 5.30. The quantitative estimate of drug-likeness (QED) is 0.807. The van der Waals surface area contributed by atoms with Gasteiger partial charge in [-0.3, -0.25) is 4.79 Å². The number of carbonyl (C=O) groups excluding carboxylic acids is 1. The second-order valence-electron chi connectivity index (χ2n) is 7.17. The summed E-state index contributed by atoms with van der Waals surface area (Å²) in [6.07, 6.45) is 5.56. The summed E-state index contributed by atoms with van der Waals surface area (Å²) >= 11 is 0. The molecule has 4 rings (SSSR count). The normalized spacial score (nSPS) is 19.7. The summed E-state index contributed by atoms with van der Waals surface area (Å²) in [6, 6.07) is 1.85. The van der Waals surface area contributed by atoms with Gasteiger partial charge in [0.25, 0.3) is 0 Å². The molecule has 0 saturated carbocycles. The van der Waals surface area contributed by atoms with Crippen molar-refractivity contribution in [3.63, 3.8) is 0 Å². The number of imidazole rings is 1. The molecule has 1 amide bonds. The second-order valence-corrected chi connectivity index (χ2v) is 7.17. The number of hydrogen-bond acceptors (Lipinski definition) is 6. The molecule has 1 fully saturated rings. The Labute approximate surface area is 159 Å². The van der Waals surface area contributed by atoms with E-state index in [1.807, 2.05) is 37.3 Å². The number of amides is 1. The Hall–Kier alpha value is -2.64. The van der Waals surface area contributed by atoms with Gasteiger partial charge in [0.2, 0.25) is 17.7 Å². The summed E-state index contributed by atoms with van der Waals surface area (Å²) in [5.74, 6) is 1.61. The highest BCUT2D eigenvalue weighted by molar-refractivity contribution is 5.79. The molecule has 0 aliphatic carbocycles. The lowest BCUT2D eigenvalue weighted by Gasteiger charge is -2.37. The van der Waals surface area contributed by atoms with Crippen LogP contribution in [0.15, 0.2) is 18.6 Å². The maximum atomic E-state index is 12.9. The number of carbonyl (C=O) groups is 1. The Kier molecular flexibility index (Phi) is 4.96. The van der Waals surface area contributed by atoms with Crippen LogP contribution < -0.4 is 9.64 Å². The Morgan fingerprint density at radius 3 is 2.85 bits per heavy atom. The van der Waals surface area contributed by atoms with E-state index in [4.69, 9.17) is 4.74 Å². The average molecular weight is 370 g/mol. The number of aryl methyl sites for hydroxylation is 2. The fraction of sp³-hybridized carbons (Fsp3) is 0.579. The van der Waals surface area contributed by atoms with Crippen LogP contribution in [0.5, 0.6) is 5.88 Å². The maximum Gasteiger partial charge on any atom is 0.228 e. The minimum atomic E-state index is 0.0537. The van der Waals surface area contributed by atoms with Gasteiger partial charge in [-0.25, -0.2) is 9.97 Å². The van der Waals surface area contributed by atoms with E-state index in [9.17, 15) is 4.79 Å². The van der Waals surface area contributed by atoms with Crippen molar-refractivity contribution < 1.29 is 9.53 Å². The summed E-state index contributed by atoms with van der Waals surface area (Å²) in [5, 5.41) is 0. The van der Waals surface area contributed by atoms with Gasteiger partial charge < -0.3 is 19.1 Å². The van der Waals surface area contributed by atoms with Crippen molar-refractivity contribution in [1.29, 1.82) is 0 Å². The average Bonchev–Trinajstić information content (AvgIpc) is 3.15. The van der Waals surface area contributed by atoms with Gasteiger partial charge in [-0.15, -0.1) is 0 Å². The third kappa shape index (κ3) is 3.74. The second kappa shape index (κ2) is 7.54. The van der Waals surface area contributed by atoms with Crippen molar-refractivity contribution in [3.8, 4) is 5.88 Å². The molecule has 0 spiro atoms. The molecule has 0 bridgehead atoms. The first-order chi connectivity index (χ1) is 13.1. The van der Waals surface area contributed by atoms with Crippen LogP contribution in [-0.4, -0.2) is 63.1 Å². The Balaban J connectivity index is 1.37. The molecule has 0 radical (unpaired) electrons. The summed E-state index contributed by atoms with van der Waals surface area (Å²) in [6.45, 7) is 8.10. The molecule has 1 saturated heterocycles. The van der Waals surface area contributed by atoms with Gasteiger partial charge >= 0.3 is 0 Å². The third-order valence-electron chi connectivity index (χ3n) is 5.30. The SMILES string of the molecule is CCOc1cc(C)nc(N2CCN(C(=O)[C@H]3CCc4cncn4C3)CC2)n1. The molecule has 144 valence electrons. The number of fused-ring (bicyclic) bond motifs is 1. The number of rotatable bonds is 4. The van der Waals surface area contributed by atoms with Crippen LogP contribution in [-0.2, 0) is 17.8 Å². The summed E-state index contributed by atoms with van der Waals surface area (Å²) in [5.41, 5.74) is 2.12. The van der Waals surface area contributed by atoms with Crippen LogP contribution in [0.2, 0.25) is 0 Å². The van der Waals surface area contributed by atoms with Gasteiger partial charge in [0.1, 0.15) is 0 Å². The monoisotopic (exact) mass is 370 g/mol. The molecule has 0 aromatic carbocycles. The minimum absolute atomic E-state index is 0.0537. The zero-order valence-electron chi connectivity index (χ0n) is 16.0. The van der Waals surface area contributed by atoms with Gasteiger partial charge in [-0.2, -0.15) is 4.98 Å². The lowest BCUT2D eigenvalue weighted by Crippen LogP contribution is -2.51. The number of hydrogen-bond donors (Lipinski definition) is 0. The van der Waals surface area contributed by atoms with Crippen LogP contribution in [0.1, 0.15) is 24.7 Å². The standard InChI is InChI=1S/C19H26N6O2/c1-3-27-17-10-14(2)21-19(22-17)24-8-6-23(7-9-24)18(26)15-4-5-16-11-20-13-25(16)12-15/h10-11,13,15H,3-9,12H2,1-2H3/t15-/m0/s1. The van der Waals surface area contributed by atoms with E-state index in [0.717, 1.165) is 38.2 Å². The molecule has 8 heteroatoms. The van der Waals surface area contributed by atoms with E-state index in [-0.39, 0.29) is 11.8 Å². The highest BCUT2D eigenvalue weighted by Gasteiger charge is 2.30. The number of anilines is 1. The van der Waals surface area contributed by atoms with Gasteiger partial charge in [-0.1, -0.05) is 0 Å². The van der Waals surface area contributed by atoms with Crippen LogP contribution in [0.3, 0.4) is 0 Å². The molecule has 4 heterocycles. The fourth-order valence-corrected chi connectivity index (χ4v) is 3.85. The molecule has 8 nitrogen and oxygen atoms in total. The van der Waals surface area contributed by atoms with Crippen molar-refractivity contribution in [1.82, 2.24) is 24.4 Å². The van der Waals surface area contributed by atoms with Crippen LogP contribution in [0.4, 0.5) is 5.95 Å². The van der Waals surface area contributed by atoms with Crippen LogP contribution in [0, 0.1) is 12.8 Å². The van der Waals surface area contributed by atoms with Gasteiger partial charge in [0.05, 0.1) is 18.9 Å². The highest BCUT2D eigenvalue weighted by Crippen LogP contribution is 2.23. The molecule has 2 aromatic rings. The molecule has 0 N–H and O–H groups in total. The summed E-state index contributed by atoms with van der Waals surface area (Å²) in [4.78, 5) is 30.3. The predicted molar refractivity (Wildman–Crippen MR) is 101 cm³/mol. The molecule has 1 atom stereocenters. The van der Waals surface area contributed by atoms with Crippen molar-refractivity contribution in [3.05, 3.63) is 30.0 Å². The Bertz CT molecular complexity index is 812. The zero-order chi connectivity index (χ0) is 18.8. The Morgan fingerprint density at radius 1 is 1.26 bits per heavy atom. The molecule has 2 aromatic heterocycles. The van der Waals surface area contributed by atoms with Gasteiger partial charge in [0.15, 0.2) is 0 Å². The van der Waals surface area contributed by atoms with E-state index >= 15 is 0 Å². The topological polar surface area (TPSA) is 76.4 Å². The summed E-state index contributed by atoms with van der Waals surface area (Å²) < 4.78 is 7.64. The molecule has 27 heavy (non-hydrogen) atoms. The van der Waals surface area contributed by atoms with Crippen LogP contribution in [0.25, 0.3) is 0 Å². The van der Waals surface area contributed by atoms with Gasteiger partial charge in [0, 0.05) is 56.4 Å². The summed E-state index contributed by atoms with van der Waals surface area (Å²) in [7, 11) is 0. The largest absolute Gasteiger partial charge is 0.478 e. The molecule has 0 unspecified atom stereocenters. The first kappa shape index (κ1) is 17.8. The Morgan fingerprint density at radius 2 is 2.07 bits per heavy atom. The number of ether oxygens (including phenoxy) is 1. The zero-order valence-corrected chi connectivity index (χ0v) is 16.0. The van der Waals surface area contributed by atoms with E-state index in [1.165, 1.54) is 5.69 Å². The molecule has 2 aliphatic heterocycles. The van der Waals surface area contributed by atoms with Crippen LogP contribution >= 0.6 is 0 Å². The van der Waals surface area contributed by atoms with E-state index < -0.39 is 0 Å². The van der Waals surface area contributed by atoms with E-state index in [0.29, 0.717) is 31.5 Å². The number of nitrogens with zero attached hydrogens (tertiary/aromatic N) is 6. The minimum Gasteiger partial charge on any atom is -0.478 e. The van der Waals surface area contributed by atoms with E-state index in [1.54, 1.807) is 0 Å². The lowest BCUT2D eigenvalue weighted by atomic mass is 9.96.